The number of hydrogen-bond donors (Lipinski definition) is 0. The number of rotatable bonds is 7. The lowest BCUT2D eigenvalue weighted by Crippen LogP contribution is -2.44. The standard InChI is InChI=1S/C29H32FN7O/c1-34-7-10-36(11-8-34)25-4-2-3-21(15-25)29(38)16-24-14-22-13-23(17-32-27(22)19-31-24)26-18-33-37-12-9-35(6-5-30)20-28(26)37/h2-4,13-15,17-19H,5-12,16,20H2,1H3. The molecule has 8 nitrogen and oxygen atoms in total. The Morgan fingerprint density at radius 2 is 1.84 bits per heavy atom. The summed E-state index contributed by atoms with van der Waals surface area (Å²) in [5.74, 6) is 0.0515. The van der Waals surface area contributed by atoms with Crippen molar-refractivity contribution in [2.24, 2.45) is 0 Å². The molecule has 0 aliphatic carbocycles. The lowest BCUT2D eigenvalue weighted by molar-refractivity contribution is 0.0992. The Morgan fingerprint density at radius 3 is 2.68 bits per heavy atom. The quantitative estimate of drug-likeness (QED) is 0.351. The van der Waals surface area contributed by atoms with E-state index in [4.69, 9.17) is 0 Å². The van der Waals surface area contributed by atoms with Crippen LogP contribution >= 0.6 is 0 Å². The number of nitrogens with zero attached hydrogens (tertiary/aromatic N) is 7. The van der Waals surface area contributed by atoms with Crippen LogP contribution in [0, 0.1) is 0 Å². The van der Waals surface area contributed by atoms with E-state index in [0.29, 0.717) is 18.7 Å². The number of piperazine rings is 1. The molecule has 5 heterocycles. The second kappa shape index (κ2) is 10.6. The van der Waals surface area contributed by atoms with Crippen LogP contribution < -0.4 is 4.90 Å². The molecule has 3 aromatic heterocycles. The predicted octanol–water partition coefficient (Wildman–Crippen LogP) is 3.46. The first-order valence-electron chi connectivity index (χ1n) is 13.2. The zero-order chi connectivity index (χ0) is 26.1. The van der Waals surface area contributed by atoms with Crippen LogP contribution in [0.3, 0.4) is 0 Å². The number of ketones is 1. The molecule has 0 saturated carbocycles. The minimum atomic E-state index is -0.352. The highest BCUT2D eigenvalue weighted by Crippen LogP contribution is 2.29. The maximum Gasteiger partial charge on any atom is 0.168 e. The molecule has 1 aromatic carbocycles. The molecular formula is C29H32FN7O. The van der Waals surface area contributed by atoms with Crippen LogP contribution in [0.25, 0.3) is 22.0 Å². The third-order valence-corrected chi connectivity index (χ3v) is 7.66. The summed E-state index contributed by atoms with van der Waals surface area (Å²) >= 11 is 0. The fraction of sp³-hybridized carbons (Fsp3) is 0.379. The number of carbonyl (C=O) groups excluding carboxylic acids is 1. The summed E-state index contributed by atoms with van der Waals surface area (Å²) in [7, 11) is 2.14. The second-order valence-corrected chi connectivity index (χ2v) is 10.2. The molecule has 0 N–H and O–H groups in total. The van der Waals surface area contributed by atoms with Crippen LogP contribution in [0.15, 0.2) is 55.0 Å². The van der Waals surface area contributed by atoms with Gasteiger partial charge in [0.25, 0.3) is 0 Å². The fourth-order valence-corrected chi connectivity index (χ4v) is 5.38. The van der Waals surface area contributed by atoms with Gasteiger partial charge in [0.05, 0.1) is 36.6 Å². The maximum absolute atomic E-state index is 13.2. The van der Waals surface area contributed by atoms with Gasteiger partial charge in [0, 0.05) is 85.5 Å². The largest absolute Gasteiger partial charge is 0.369 e. The van der Waals surface area contributed by atoms with Crippen LogP contribution in [-0.4, -0.2) is 88.3 Å². The van der Waals surface area contributed by atoms with E-state index >= 15 is 0 Å². The van der Waals surface area contributed by atoms with Crippen LogP contribution in [0.4, 0.5) is 10.1 Å². The minimum absolute atomic E-state index is 0.0515. The summed E-state index contributed by atoms with van der Waals surface area (Å²) in [5, 5.41) is 5.48. The summed E-state index contributed by atoms with van der Waals surface area (Å²) in [6.07, 6.45) is 5.67. The Hall–Kier alpha value is -3.69. The number of Topliss-reactive ketones (excluding diaryl/α,β-unsaturated/α-hetero) is 1. The summed E-state index contributed by atoms with van der Waals surface area (Å²) in [6, 6.07) is 12.0. The summed E-state index contributed by atoms with van der Waals surface area (Å²) < 4.78 is 14.9. The number of aromatic nitrogens is 4. The molecule has 0 atom stereocenters. The zero-order valence-electron chi connectivity index (χ0n) is 21.7. The molecule has 6 rings (SSSR count). The number of benzene rings is 1. The smallest absolute Gasteiger partial charge is 0.168 e. The van der Waals surface area contributed by atoms with E-state index in [0.717, 1.165) is 78.4 Å². The molecule has 0 bridgehead atoms. The molecule has 0 unspecified atom stereocenters. The van der Waals surface area contributed by atoms with E-state index in [9.17, 15) is 9.18 Å². The molecule has 4 aromatic rings. The van der Waals surface area contributed by atoms with Crippen molar-refractivity contribution in [3.63, 3.8) is 0 Å². The summed E-state index contributed by atoms with van der Waals surface area (Å²) in [5.41, 5.74) is 6.36. The molecule has 2 aliphatic rings. The predicted molar refractivity (Wildman–Crippen MR) is 146 cm³/mol. The van der Waals surface area contributed by atoms with Gasteiger partial charge < -0.3 is 9.80 Å². The van der Waals surface area contributed by atoms with Gasteiger partial charge >= 0.3 is 0 Å². The zero-order valence-corrected chi connectivity index (χ0v) is 21.7. The molecule has 9 heteroatoms. The molecule has 1 fully saturated rings. The highest BCUT2D eigenvalue weighted by molar-refractivity contribution is 5.98. The number of alkyl halides is 1. The first kappa shape index (κ1) is 24.6. The van der Waals surface area contributed by atoms with Crippen LogP contribution in [0.5, 0.6) is 0 Å². The Bertz CT molecular complexity index is 1460. The molecule has 2 aliphatic heterocycles. The summed E-state index contributed by atoms with van der Waals surface area (Å²) in [6.45, 7) is 6.27. The molecule has 0 amide bonds. The van der Waals surface area contributed by atoms with Crippen molar-refractivity contribution in [1.29, 1.82) is 0 Å². The Balaban J connectivity index is 1.22. The first-order valence-corrected chi connectivity index (χ1v) is 13.2. The molecule has 0 spiro atoms. The lowest BCUT2D eigenvalue weighted by atomic mass is 10.0. The van der Waals surface area contributed by atoms with Crippen molar-refractivity contribution < 1.29 is 9.18 Å². The van der Waals surface area contributed by atoms with Gasteiger partial charge in [-0.1, -0.05) is 12.1 Å². The molecular weight excluding hydrogens is 481 g/mol. The number of halogens is 1. The second-order valence-electron chi connectivity index (χ2n) is 10.2. The van der Waals surface area contributed by atoms with Gasteiger partial charge in [0.1, 0.15) is 6.67 Å². The maximum atomic E-state index is 13.2. The van der Waals surface area contributed by atoms with Gasteiger partial charge in [0.2, 0.25) is 0 Å². The monoisotopic (exact) mass is 513 g/mol. The number of pyridine rings is 2. The van der Waals surface area contributed by atoms with Gasteiger partial charge in [-0.3, -0.25) is 24.3 Å². The number of carbonyl (C=O) groups is 1. The topological polar surface area (TPSA) is 70.4 Å². The Kier molecular flexibility index (Phi) is 6.86. The van der Waals surface area contributed by atoms with Gasteiger partial charge in [-0.25, -0.2) is 4.39 Å². The van der Waals surface area contributed by atoms with E-state index < -0.39 is 0 Å². The molecule has 38 heavy (non-hydrogen) atoms. The molecule has 0 radical (unpaired) electrons. The molecule has 196 valence electrons. The Labute approximate surface area is 221 Å². The first-order chi connectivity index (χ1) is 18.6. The summed E-state index contributed by atoms with van der Waals surface area (Å²) in [4.78, 5) is 29.1. The van der Waals surface area contributed by atoms with Crippen LogP contribution in [-0.2, 0) is 19.5 Å². The van der Waals surface area contributed by atoms with Crippen molar-refractivity contribution in [2.45, 2.75) is 19.5 Å². The van der Waals surface area contributed by atoms with Crippen molar-refractivity contribution in [2.75, 3.05) is 57.9 Å². The van der Waals surface area contributed by atoms with Crippen LogP contribution in [0.2, 0.25) is 0 Å². The fourth-order valence-electron chi connectivity index (χ4n) is 5.38. The highest BCUT2D eigenvalue weighted by atomic mass is 19.1. The Morgan fingerprint density at radius 1 is 0.974 bits per heavy atom. The number of fused-ring (bicyclic) bond motifs is 2. The van der Waals surface area contributed by atoms with Crippen molar-refractivity contribution in [3.8, 4) is 11.1 Å². The van der Waals surface area contributed by atoms with E-state index in [1.54, 1.807) is 6.20 Å². The normalized spacial score (nSPS) is 16.6. The van der Waals surface area contributed by atoms with Gasteiger partial charge in [-0.05, 0) is 31.3 Å². The van der Waals surface area contributed by atoms with Gasteiger partial charge in [0.15, 0.2) is 5.78 Å². The van der Waals surface area contributed by atoms with Crippen molar-refractivity contribution in [1.82, 2.24) is 29.5 Å². The van der Waals surface area contributed by atoms with Crippen molar-refractivity contribution >= 4 is 22.4 Å². The SMILES string of the molecule is CN1CCN(c2cccc(C(=O)Cc3cc4cc(-c5cnn6c5CN(CCF)CC6)cnc4cn3)c2)CC1. The number of hydrogen-bond acceptors (Lipinski definition) is 7. The highest BCUT2D eigenvalue weighted by Gasteiger charge is 2.21. The minimum Gasteiger partial charge on any atom is -0.369 e. The van der Waals surface area contributed by atoms with Gasteiger partial charge in [-0.2, -0.15) is 5.10 Å². The van der Waals surface area contributed by atoms with E-state index in [2.05, 4.69) is 48.9 Å². The van der Waals surface area contributed by atoms with Crippen molar-refractivity contribution in [3.05, 3.63) is 71.9 Å². The third kappa shape index (κ3) is 5.04. The lowest BCUT2D eigenvalue weighted by Gasteiger charge is -2.34. The van der Waals surface area contributed by atoms with E-state index in [-0.39, 0.29) is 18.9 Å². The van der Waals surface area contributed by atoms with Crippen LogP contribution in [0.1, 0.15) is 21.7 Å². The average molecular weight is 514 g/mol. The number of likely N-dealkylation sites (N-methyl/N-ethyl adjacent to an activating group) is 1. The molecule has 1 saturated heterocycles. The van der Waals surface area contributed by atoms with Gasteiger partial charge in [-0.15, -0.1) is 0 Å². The van der Waals surface area contributed by atoms with E-state index in [1.165, 1.54) is 0 Å². The number of anilines is 1. The van der Waals surface area contributed by atoms with E-state index in [1.807, 2.05) is 41.3 Å². The average Bonchev–Trinajstić information content (AvgIpc) is 3.37. The third-order valence-electron chi connectivity index (χ3n) is 7.66.